The number of fused-ring (bicyclic) bond motifs is 1. The summed E-state index contributed by atoms with van der Waals surface area (Å²) in [6.07, 6.45) is 4.75. The summed E-state index contributed by atoms with van der Waals surface area (Å²) < 4.78 is -1.30. The maximum Gasteiger partial charge on any atom is 0.251 e. The summed E-state index contributed by atoms with van der Waals surface area (Å²) >= 11 is 1.64. The second-order valence-electron chi connectivity index (χ2n) is 12.1. The molecule has 8 heteroatoms. The molecular weight excluding hydrogens is 546 g/mol. The van der Waals surface area contributed by atoms with Crippen LogP contribution in [0, 0.1) is 25.7 Å². The van der Waals surface area contributed by atoms with Gasteiger partial charge in [0.15, 0.2) is 0 Å². The zero-order valence-electron chi connectivity index (χ0n) is 25.0. The molecule has 0 saturated carbocycles. The molecule has 42 heavy (non-hydrogen) atoms. The Hall–Kier alpha value is -3.36. The van der Waals surface area contributed by atoms with Crippen molar-refractivity contribution in [3.8, 4) is 0 Å². The predicted molar refractivity (Wildman–Crippen MR) is 170 cm³/mol. The van der Waals surface area contributed by atoms with Crippen molar-refractivity contribution >= 4 is 40.9 Å². The minimum absolute atomic E-state index is 0.127. The molecular formula is C34H41N3O4S. The molecule has 0 radical (unpaired) electrons. The number of carbonyl (C=O) groups excluding carboxylic acids is 3. The summed E-state index contributed by atoms with van der Waals surface area (Å²) in [5.74, 6) is -1.86. The Morgan fingerprint density at radius 1 is 1.07 bits per heavy atom. The average Bonchev–Trinajstić information content (AvgIpc) is 3.56. The minimum atomic E-state index is -0.828. The number of carbonyl (C=O) groups is 3. The Kier molecular flexibility index (Phi) is 8.16. The van der Waals surface area contributed by atoms with E-state index in [1.165, 1.54) is 0 Å². The third-order valence-electron chi connectivity index (χ3n) is 9.33. The lowest BCUT2D eigenvalue weighted by Crippen LogP contribution is -2.57. The normalized spacial score (nSPS) is 28.4. The number of aryl methyl sites for hydroxylation is 2. The molecule has 5 rings (SSSR count). The monoisotopic (exact) mass is 587 g/mol. The molecule has 7 nitrogen and oxygen atoms in total. The van der Waals surface area contributed by atoms with Crippen molar-refractivity contribution in [1.82, 2.24) is 4.90 Å². The summed E-state index contributed by atoms with van der Waals surface area (Å²) in [6.45, 7) is 15.9. The number of nitrogens with zero attached hydrogens (tertiary/aromatic N) is 3. The van der Waals surface area contributed by atoms with E-state index in [0.717, 1.165) is 22.5 Å². The lowest BCUT2D eigenvalue weighted by Gasteiger charge is -2.39. The molecule has 3 aliphatic rings. The fourth-order valence-corrected chi connectivity index (χ4v) is 9.73. The van der Waals surface area contributed by atoms with Crippen LogP contribution in [0.5, 0.6) is 0 Å². The van der Waals surface area contributed by atoms with Crippen molar-refractivity contribution in [2.45, 2.75) is 62.1 Å². The first-order chi connectivity index (χ1) is 20.0. The molecule has 3 heterocycles. The first-order valence-corrected chi connectivity index (χ1v) is 15.5. The van der Waals surface area contributed by atoms with Crippen molar-refractivity contribution in [1.29, 1.82) is 0 Å². The van der Waals surface area contributed by atoms with Gasteiger partial charge < -0.3 is 19.8 Å². The number of aliphatic hydroxyl groups is 1. The lowest BCUT2D eigenvalue weighted by molar-refractivity contribution is -0.142. The molecule has 2 bridgehead atoms. The van der Waals surface area contributed by atoms with E-state index in [1.54, 1.807) is 45.5 Å². The highest BCUT2D eigenvalue weighted by atomic mass is 32.2. The fourth-order valence-electron chi connectivity index (χ4n) is 7.40. The van der Waals surface area contributed by atoms with E-state index in [4.69, 9.17) is 0 Å². The molecule has 1 N–H and O–H groups in total. The van der Waals surface area contributed by atoms with Gasteiger partial charge in [-0.3, -0.25) is 14.4 Å². The van der Waals surface area contributed by atoms with Gasteiger partial charge in [-0.2, -0.15) is 0 Å². The van der Waals surface area contributed by atoms with Crippen LogP contribution in [0.4, 0.5) is 11.4 Å². The van der Waals surface area contributed by atoms with Gasteiger partial charge in [0.1, 0.15) is 6.04 Å². The van der Waals surface area contributed by atoms with Crippen LogP contribution in [0.3, 0.4) is 0 Å². The van der Waals surface area contributed by atoms with E-state index in [9.17, 15) is 19.5 Å². The van der Waals surface area contributed by atoms with Crippen LogP contribution < -0.4 is 9.80 Å². The lowest BCUT2D eigenvalue weighted by atomic mass is 9.66. The highest BCUT2D eigenvalue weighted by Gasteiger charge is 2.78. The number of amides is 3. The van der Waals surface area contributed by atoms with Crippen molar-refractivity contribution < 1.29 is 19.5 Å². The topological polar surface area (TPSA) is 81.2 Å². The number of aliphatic hydroxyl groups excluding tert-OH is 1. The number of rotatable bonds is 10. The van der Waals surface area contributed by atoms with Gasteiger partial charge in [0.25, 0.3) is 5.91 Å². The predicted octanol–water partition coefficient (Wildman–Crippen LogP) is 4.90. The average molecular weight is 588 g/mol. The number of anilines is 2. The highest BCUT2D eigenvalue weighted by molar-refractivity contribution is 8.02. The van der Waals surface area contributed by atoms with Gasteiger partial charge in [0.05, 0.1) is 29.2 Å². The van der Waals surface area contributed by atoms with Crippen LogP contribution in [0.2, 0.25) is 0 Å². The van der Waals surface area contributed by atoms with E-state index >= 15 is 0 Å². The smallest absolute Gasteiger partial charge is 0.251 e. The van der Waals surface area contributed by atoms with Crippen LogP contribution in [0.1, 0.15) is 37.8 Å². The number of likely N-dealkylation sites (tertiary alicyclic amines) is 1. The number of thioether (sulfide) groups is 1. The summed E-state index contributed by atoms with van der Waals surface area (Å²) in [4.78, 5) is 48.9. The molecule has 3 amide bonds. The molecule has 2 unspecified atom stereocenters. The van der Waals surface area contributed by atoms with Gasteiger partial charge in [-0.1, -0.05) is 42.5 Å². The van der Waals surface area contributed by atoms with E-state index in [-0.39, 0.29) is 30.9 Å². The Morgan fingerprint density at radius 3 is 2.38 bits per heavy atom. The van der Waals surface area contributed by atoms with Crippen molar-refractivity contribution in [2.24, 2.45) is 11.8 Å². The van der Waals surface area contributed by atoms with Gasteiger partial charge in [0, 0.05) is 29.2 Å². The molecule has 2 aromatic rings. The molecule has 222 valence electrons. The Morgan fingerprint density at radius 2 is 1.74 bits per heavy atom. The van der Waals surface area contributed by atoms with E-state index in [1.807, 2.05) is 62.4 Å². The molecule has 3 aliphatic heterocycles. The highest BCUT2D eigenvalue weighted by Crippen LogP contribution is 2.72. The van der Waals surface area contributed by atoms with Crippen LogP contribution in [-0.4, -0.2) is 69.0 Å². The quantitative estimate of drug-likeness (QED) is 0.400. The first-order valence-electron chi connectivity index (χ1n) is 14.6. The van der Waals surface area contributed by atoms with Crippen LogP contribution in [-0.2, 0) is 14.4 Å². The second kappa shape index (κ2) is 11.4. The fraction of sp³-hybridized carbons (Fsp3) is 0.441. The van der Waals surface area contributed by atoms with E-state index in [0.29, 0.717) is 19.4 Å². The number of hydrogen-bond acceptors (Lipinski definition) is 5. The Bertz CT molecular complexity index is 1410. The molecule has 3 fully saturated rings. The SMILES string of the molecule is C=CCN(C(=O)[C@@H]1[C@H]2C(=O)N([C@H](C)CO)C(C(=O)N(CC=C)c3cc(C)ccc3C)C23CC[C@@]1(C)S3)c1ccccc1. The molecule has 0 aromatic heterocycles. The summed E-state index contributed by atoms with van der Waals surface area (Å²) in [7, 11) is 0. The molecule has 1 spiro atoms. The first kappa shape index (κ1) is 30.1. The summed E-state index contributed by atoms with van der Waals surface area (Å²) in [5, 5.41) is 10.3. The molecule has 6 atom stereocenters. The largest absolute Gasteiger partial charge is 0.394 e. The number of hydrogen-bond donors (Lipinski definition) is 1. The molecule has 0 aliphatic carbocycles. The zero-order chi connectivity index (χ0) is 30.4. The van der Waals surface area contributed by atoms with Gasteiger partial charge in [0.2, 0.25) is 11.8 Å². The van der Waals surface area contributed by atoms with Crippen LogP contribution in [0.25, 0.3) is 0 Å². The third kappa shape index (κ3) is 4.60. The number of para-hydroxylation sites is 1. The summed E-state index contributed by atoms with van der Waals surface area (Å²) in [5.41, 5.74) is 3.50. The van der Waals surface area contributed by atoms with Crippen molar-refractivity contribution in [3.05, 3.63) is 85.0 Å². The van der Waals surface area contributed by atoms with Gasteiger partial charge in [-0.25, -0.2) is 0 Å². The maximum absolute atomic E-state index is 14.8. The number of benzene rings is 2. The summed E-state index contributed by atoms with van der Waals surface area (Å²) in [6, 6.07) is 14.0. The Labute approximate surface area is 253 Å². The van der Waals surface area contributed by atoms with Gasteiger partial charge in [-0.15, -0.1) is 24.9 Å². The van der Waals surface area contributed by atoms with Crippen LogP contribution >= 0.6 is 11.8 Å². The molecule has 3 saturated heterocycles. The van der Waals surface area contributed by atoms with Gasteiger partial charge >= 0.3 is 0 Å². The Balaban J connectivity index is 1.62. The van der Waals surface area contributed by atoms with Crippen LogP contribution in [0.15, 0.2) is 73.8 Å². The standard InChI is InChI=1S/C34H41N3O4S/c1-7-18-35(25-12-10-9-11-13-25)30(39)27-28-31(40)37(24(5)21-38)29(34(28)17-16-33(27,6)42-34)32(41)36(19-8-2)26-20-22(3)14-15-23(26)4/h7-15,20,24,27-29,38H,1-2,16-19,21H2,3-6H3/t24-,27+,28+,29?,33-,34?/m1/s1. The van der Waals surface area contributed by atoms with Gasteiger partial charge in [-0.05, 0) is 69.9 Å². The third-order valence-corrected chi connectivity index (χ3v) is 11.3. The zero-order valence-corrected chi connectivity index (χ0v) is 25.8. The van der Waals surface area contributed by atoms with E-state index < -0.39 is 33.4 Å². The van der Waals surface area contributed by atoms with Crippen molar-refractivity contribution in [3.63, 3.8) is 0 Å². The minimum Gasteiger partial charge on any atom is -0.394 e. The second-order valence-corrected chi connectivity index (χ2v) is 14.0. The van der Waals surface area contributed by atoms with Crippen molar-refractivity contribution in [2.75, 3.05) is 29.5 Å². The van der Waals surface area contributed by atoms with E-state index in [2.05, 4.69) is 20.1 Å². The molecule has 2 aromatic carbocycles. The maximum atomic E-state index is 14.8.